The lowest BCUT2D eigenvalue weighted by Crippen LogP contribution is -2.25. The molecule has 0 spiro atoms. The molecule has 4 aromatic rings. The summed E-state index contributed by atoms with van der Waals surface area (Å²) < 4.78 is 17.4. The van der Waals surface area contributed by atoms with Gasteiger partial charge in [0.1, 0.15) is 0 Å². The fourth-order valence-electron chi connectivity index (χ4n) is 3.50. The molecule has 0 saturated heterocycles. The molecule has 0 aliphatic heterocycles. The molecular formula is C27H25N3O5. The van der Waals surface area contributed by atoms with Gasteiger partial charge in [-0.25, -0.2) is 9.78 Å². The number of benzene rings is 3. The molecule has 0 bridgehead atoms. The van der Waals surface area contributed by atoms with E-state index in [0.717, 1.165) is 5.56 Å². The van der Waals surface area contributed by atoms with Gasteiger partial charge in [0.05, 0.1) is 30.8 Å². The minimum atomic E-state index is -0.797. The number of carbonyl (C=O) groups is 1. The highest BCUT2D eigenvalue weighted by Gasteiger charge is 2.18. The van der Waals surface area contributed by atoms with Crippen LogP contribution in [-0.4, -0.2) is 41.7 Å². The number of hydrogen-bond donors (Lipinski definition) is 0. The van der Waals surface area contributed by atoms with E-state index in [9.17, 15) is 9.59 Å². The Balaban J connectivity index is 1.75. The SMILES string of the molecule is CCOc1cc(C=Nn2c(-c3ccccc3)nc3ccccc3c2=O)ccc1O[C@H](C)C(=O)OC. The number of methoxy groups -OCH3 is 1. The van der Waals surface area contributed by atoms with Crippen molar-refractivity contribution in [2.24, 2.45) is 5.10 Å². The van der Waals surface area contributed by atoms with Crippen LogP contribution in [0.4, 0.5) is 0 Å². The predicted octanol–water partition coefficient (Wildman–Crippen LogP) is 4.28. The molecule has 35 heavy (non-hydrogen) atoms. The van der Waals surface area contributed by atoms with E-state index in [1.807, 2.05) is 43.3 Å². The van der Waals surface area contributed by atoms with Gasteiger partial charge in [-0.05, 0) is 49.7 Å². The molecule has 8 heteroatoms. The van der Waals surface area contributed by atoms with Gasteiger partial charge in [-0.3, -0.25) is 4.79 Å². The molecule has 0 unspecified atom stereocenters. The molecule has 1 heterocycles. The van der Waals surface area contributed by atoms with Crippen LogP contribution in [0, 0.1) is 0 Å². The number of rotatable bonds is 8. The largest absolute Gasteiger partial charge is 0.490 e. The number of nitrogens with zero attached hydrogens (tertiary/aromatic N) is 3. The number of aromatic nitrogens is 2. The van der Waals surface area contributed by atoms with Gasteiger partial charge in [0.15, 0.2) is 23.4 Å². The second kappa shape index (κ2) is 10.6. The Labute approximate surface area is 202 Å². The molecule has 1 aromatic heterocycles. The molecule has 0 amide bonds. The first-order valence-corrected chi connectivity index (χ1v) is 11.1. The lowest BCUT2D eigenvalue weighted by molar-refractivity contribution is -0.147. The van der Waals surface area contributed by atoms with Gasteiger partial charge in [0.2, 0.25) is 0 Å². The van der Waals surface area contributed by atoms with Crippen LogP contribution in [0.5, 0.6) is 11.5 Å². The molecule has 0 fully saturated rings. The molecule has 0 aliphatic rings. The van der Waals surface area contributed by atoms with Gasteiger partial charge >= 0.3 is 5.97 Å². The maximum absolute atomic E-state index is 13.3. The van der Waals surface area contributed by atoms with Crippen LogP contribution in [0.3, 0.4) is 0 Å². The first-order valence-electron chi connectivity index (χ1n) is 11.1. The molecule has 4 rings (SSSR count). The molecule has 3 aromatic carbocycles. The van der Waals surface area contributed by atoms with Crippen molar-refractivity contribution in [1.29, 1.82) is 0 Å². The van der Waals surface area contributed by atoms with Crippen molar-refractivity contribution in [2.45, 2.75) is 20.0 Å². The Kier molecular flexibility index (Phi) is 7.21. The highest BCUT2D eigenvalue weighted by Crippen LogP contribution is 2.29. The third-order valence-electron chi connectivity index (χ3n) is 5.21. The van der Waals surface area contributed by atoms with Gasteiger partial charge < -0.3 is 14.2 Å². The smallest absolute Gasteiger partial charge is 0.346 e. The van der Waals surface area contributed by atoms with Crippen molar-refractivity contribution < 1.29 is 19.0 Å². The van der Waals surface area contributed by atoms with Gasteiger partial charge in [-0.2, -0.15) is 9.78 Å². The average molecular weight is 472 g/mol. The van der Waals surface area contributed by atoms with Crippen molar-refractivity contribution in [1.82, 2.24) is 9.66 Å². The van der Waals surface area contributed by atoms with Crippen molar-refractivity contribution in [3.05, 3.63) is 88.7 Å². The molecule has 178 valence electrons. The summed E-state index contributed by atoms with van der Waals surface area (Å²) in [5.41, 5.74) is 1.76. The standard InChI is InChI=1S/C27H25N3O5/c1-4-34-24-16-19(14-15-23(24)35-18(2)27(32)33-3)17-28-30-25(20-10-6-5-7-11-20)29-22-13-9-8-12-21(22)26(30)31/h5-18H,4H2,1-3H3/t18-/m1/s1. The summed E-state index contributed by atoms with van der Waals surface area (Å²) in [6.45, 7) is 3.84. The average Bonchev–Trinajstić information content (AvgIpc) is 2.89. The van der Waals surface area contributed by atoms with Crippen molar-refractivity contribution in [2.75, 3.05) is 13.7 Å². The maximum Gasteiger partial charge on any atom is 0.346 e. The second-order valence-corrected chi connectivity index (χ2v) is 7.60. The van der Waals surface area contributed by atoms with Crippen LogP contribution >= 0.6 is 0 Å². The summed E-state index contributed by atoms with van der Waals surface area (Å²) in [4.78, 5) is 29.7. The van der Waals surface area contributed by atoms with E-state index in [4.69, 9.17) is 19.2 Å². The van der Waals surface area contributed by atoms with Crippen LogP contribution in [0.25, 0.3) is 22.3 Å². The first-order chi connectivity index (χ1) is 17.0. The summed E-state index contributed by atoms with van der Waals surface area (Å²) in [5, 5.41) is 4.95. The van der Waals surface area contributed by atoms with Gasteiger partial charge in [0, 0.05) is 5.56 Å². The lowest BCUT2D eigenvalue weighted by Gasteiger charge is -2.16. The number of hydrogen-bond acceptors (Lipinski definition) is 7. The summed E-state index contributed by atoms with van der Waals surface area (Å²) in [6.07, 6.45) is 0.759. The van der Waals surface area contributed by atoms with Crippen LogP contribution in [0.15, 0.2) is 82.7 Å². The highest BCUT2D eigenvalue weighted by atomic mass is 16.6. The van der Waals surface area contributed by atoms with E-state index in [-0.39, 0.29) is 5.56 Å². The van der Waals surface area contributed by atoms with E-state index in [1.165, 1.54) is 11.8 Å². The van der Waals surface area contributed by atoms with Crippen molar-refractivity contribution in [3.63, 3.8) is 0 Å². The highest BCUT2D eigenvalue weighted by molar-refractivity contribution is 5.83. The fourth-order valence-corrected chi connectivity index (χ4v) is 3.50. The summed E-state index contributed by atoms with van der Waals surface area (Å²) in [6, 6.07) is 21.8. The molecule has 0 aliphatic carbocycles. The van der Waals surface area contributed by atoms with Crippen LogP contribution in [0.2, 0.25) is 0 Å². The predicted molar refractivity (Wildman–Crippen MR) is 134 cm³/mol. The summed E-state index contributed by atoms with van der Waals surface area (Å²) >= 11 is 0. The third-order valence-corrected chi connectivity index (χ3v) is 5.21. The minimum Gasteiger partial charge on any atom is -0.490 e. The molecule has 8 nitrogen and oxygen atoms in total. The van der Waals surface area contributed by atoms with Gasteiger partial charge in [-0.15, -0.1) is 0 Å². The number of carbonyl (C=O) groups excluding carboxylic acids is 1. The zero-order valence-electron chi connectivity index (χ0n) is 19.7. The lowest BCUT2D eigenvalue weighted by atomic mass is 10.2. The second-order valence-electron chi connectivity index (χ2n) is 7.60. The molecule has 1 atom stereocenters. The third kappa shape index (κ3) is 5.22. The molecular weight excluding hydrogens is 446 g/mol. The Hall–Kier alpha value is -4.46. The van der Waals surface area contributed by atoms with E-state index in [2.05, 4.69) is 5.10 Å². The van der Waals surface area contributed by atoms with E-state index < -0.39 is 12.1 Å². The van der Waals surface area contributed by atoms with Gasteiger partial charge in [-0.1, -0.05) is 42.5 Å². The number of fused-ring (bicyclic) bond motifs is 1. The summed E-state index contributed by atoms with van der Waals surface area (Å²) in [7, 11) is 1.30. The van der Waals surface area contributed by atoms with Crippen LogP contribution in [-0.2, 0) is 9.53 Å². The maximum atomic E-state index is 13.3. The normalized spacial score (nSPS) is 12.0. The van der Waals surface area contributed by atoms with Crippen LogP contribution in [0.1, 0.15) is 19.4 Å². The minimum absolute atomic E-state index is 0.275. The molecule has 0 saturated carbocycles. The first kappa shape index (κ1) is 23.7. The van der Waals surface area contributed by atoms with Crippen molar-refractivity contribution >= 4 is 23.1 Å². The van der Waals surface area contributed by atoms with E-state index in [1.54, 1.807) is 49.5 Å². The Morgan fingerprint density at radius 3 is 2.54 bits per heavy atom. The number of para-hydroxylation sites is 1. The fraction of sp³-hybridized carbons (Fsp3) is 0.185. The Morgan fingerprint density at radius 1 is 1.06 bits per heavy atom. The number of ether oxygens (including phenoxy) is 3. The van der Waals surface area contributed by atoms with E-state index >= 15 is 0 Å². The monoisotopic (exact) mass is 471 g/mol. The van der Waals surface area contributed by atoms with Crippen LogP contribution < -0.4 is 15.0 Å². The topological polar surface area (TPSA) is 92.0 Å². The Bertz CT molecular complexity index is 1430. The van der Waals surface area contributed by atoms with Gasteiger partial charge in [0.25, 0.3) is 5.56 Å². The summed E-state index contributed by atoms with van der Waals surface area (Å²) in [5.74, 6) is 0.785. The Morgan fingerprint density at radius 2 is 1.80 bits per heavy atom. The molecule has 0 N–H and O–H groups in total. The van der Waals surface area contributed by atoms with Crippen molar-refractivity contribution in [3.8, 4) is 22.9 Å². The quantitative estimate of drug-likeness (QED) is 0.281. The zero-order chi connectivity index (χ0) is 24.8. The van der Waals surface area contributed by atoms with E-state index in [0.29, 0.717) is 40.4 Å². The zero-order valence-corrected chi connectivity index (χ0v) is 19.7. The molecule has 0 radical (unpaired) electrons. The number of esters is 1.